The van der Waals surface area contributed by atoms with E-state index in [4.69, 9.17) is 10.2 Å². The molecule has 0 aliphatic rings. The van der Waals surface area contributed by atoms with Crippen LogP contribution in [0.5, 0.6) is 0 Å². The van der Waals surface area contributed by atoms with E-state index in [0.29, 0.717) is 11.4 Å². The molecule has 0 unspecified atom stereocenters. The number of nitriles is 1. The number of thioether (sulfide) groups is 1. The fourth-order valence-electron chi connectivity index (χ4n) is 2.92. The molecule has 0 aliphatic carbocycles. The highest BCUT2D eigenvalue weighted by Crippen LogP contribution is 2.33. The first-order valence-corrected chi connectivity index (χ1v) is 9.74. The number of pyridine rings is 2. The highest BCUT2D eigenvalue weighted by molar-refractivity contribution is 7.99. The van der Waals surface area contributed by atoms with Crippen molar-refractivity contribution in [1.82, 2.24) is 29.5 Å². The largest absolute Gasteiger partial charge is 0.310 e. The topological polar surface area (TPSA) is 93.2 Å². The molecule has 0 radical (unpaired) electrons. The standard InChI is InChI=1S/C20H17N7S/c1-4-28-16-6-14(18-23-9-13(7-21)10-24-18)11-22-17(16)20-26-15-5-12(2)8-25-19(15)27(20)3/h5-6,8-11H,4H2,1-3H3. The molecule has 0 fully saturated rings. The first-order chi connectivity index (χ1) is 13.6. The van der Waals surface area contributed by atoms with Gasteiger partial charge in [-0.05, 0) is 30.4 Å². The van der Waals surface area contributed by atoms with Crippen molar-refractivity contribution in [2.24, 2.45) is 7.05 Å². The van der Waals surface area contributed by atoms with Crippen molar-refractivity contribution in [2.75, 3.05) is 5.75 Å². The van der Waals surface area contributed by atoms with Gasteiger partial charge in [-0.1, -0.05) is 6.92 Å². The third-order valence-corrected chi connectivity index (χ3v) is 5.16. The van der Waals surface area contributed by atoms with Crippen molar-refractivity contribution >= 4 is 22.9 Å². The van der Waals surface area contributed by atoms with E-state index in [2.05, 4.69) is 26.9 Å². The molecule has 7 nitrogen and oxygen atoms in total. The van der Waals surface area contributed by atoms with E-state index < -0.39 is 0 Å². The van der Waals surface area contributed by atoms with Crippen molar-refractivity contribution < 1.29 is 0 Å². The summed E-state index contributed by atoms with van der Waals surface area (Å²) in [6.45, 7) is 4.10. The number of rotatable bonds is 4. The highest BCUT2D eigenvalue weighted by Gasteiger charge is 2.17. The summed E-state index contributed by atoms with van der Waals surface area (Å²) < 4.78 is 1.97. The van der Waals surface area contributed by atoms with Crippen LogP contribution in [0, 0.1) is 18.3 Å². The number of nitrogens with zero attached hydrogens (tertiary/aromatic N) is 7. The van der Waals surface area contributed by atoms with Gasteiger partial charge in [0.1, 0.15) is 17.3 Å². The van der Waals surface area contributed by atoms with Crippen molar-refractivity contribution in [1.29, 1.82) is 5.26 Å². The first kappa shape index (κ1) is 18.1. The maximum atomic E-state index is 8.92. The van der Waals surface area contributed by atoms with Crippen LogP contribution >= 0.6 is 11.8 Å². The van der Waals surface area contributed by atoms with Crippen molar-refractivity contribution in [2.45, 2.75) is 18.7 Å². The number of aryl methyl sites for hydroxylation is 2. The summed E-state index contributed by atoms with van der Waals surface area (Å²) in [5.74, 6) is 2.21. The van der Waals surface area contributed by atoms with Gasteiger partial charge in [0.15, 0.2) is 17.3 Å². The molecule has 8 heteroatoms. The van der Waals surface area contributed by atoms with Crippen LogP contribution in [0.15, 0.2) is 41.8 Å². The molecule has 0 bridgehead atoms. The molecule has 0 N–H and O–H groups in total. The Balaban J connectivity index is 1.83. The molecule has 0 saturated heterocycles. The number of hydrogen-bond acceptors (Lipinski definition) is 7. The van der Waals surface area contributed by atoms with E-state index in [-0.39, 0.29) is 0 Å². The minimum atomic E-state index is 0.430. The van der Waals surface area contributed by atoms with Gasteiger partial charge >= 0.3 is 0 Å². The zero-order valence-electron chi connectivity index (χ0n) is 15.7. The Hall–Kier alpha value is -3.31. The lowest BCUT2D eigenvalue weighted by Gasteiger charge is -2.09. The zero-order chi connectivity index (χ0) is 19.7. The second kappa shape index (κ2) is 7.37. The monoisotopic (exact) mass is 387 g/mol. The van der Waals surface area contributed by atoms with E-state index in [0.717, 1.165) is 44.5 Å². The fraction of sp³-hybridized carbons (Fsp3) is 0.200. The summed E-state index contributed by atoms with van der Waals surface area (Å²) >= 11 is 1.69. The average Bonchev–Trinajstić information content (AvgIpc) is 3.04. The van der Waals surface area contributed by atoms with Crippen LogP contribution in [0.25, 0.3) is 34.1 Å². The minimum Gasteiger partial charge on any atom is -0.310 e. The van der Waals surface area contributed by atoms with E-state index in [1.807, 2.05) is 42.9 Å². The van der Waals surface area contributed by atoms with Gasteiger partial charge in [-0.15, -0.1) is 11.8 Å². The van der Waals surface area contributed by atoms with Crippen LogP contribution in [0.3, 0.4) is 0 Å². The summed E-state index contributed by atoms with van der Waals surface area (Å²) in [7, 11) is 1.95. The van der Waals surface area contributed by atoms with Gasteiger partial charge in [0.2, 0.25) is 0 Å². The molecular formula is C20H17N7S. The van der Waals surface area contributed by atoms with E-state index in [9.17, 15) is 0 Å². The Morgan fingerprint density at radius 2 is 1.86 bits per heavy atom. The molecule has 4 aromatic heterocycles. The van der Waals surface area contributed by atoms with Gasteiger partial charge in [-0.25, -0.2) is 19.9 Å². The third-order valence-electron chi connectivity index (χ3n) is 4.25. The van der Waals surface area contributed by atoms with E-state index >= 15 is 0 Å². The molecule has 0 amide bonds. The van der Waals surface area contributed by atoms with Crippen LogP contribution in [0.1, 0.15) is 18.1 Å². The molecular weight excluding hydrogens is 370 g/mol. The lowest BCUT2D eigenvalue weighted by atomic mass is 10.2. The minimum absolute atomic E-state index is 0.430. The number of imidazole rings is 1. The van der Waals surface area contributed by atoms with E-state index in [1.54, 1.807) is 18.0 Å². The van der Waals surface area contributed by atoms with Crippen LogP contribution < -0.4 is 0 Å². The quantitative estimate of drug-likeness (QED) is 0.492. The Morgan fingerprint density at radius 3 is 2.57 bits per heavy atom. The van der Waals surface area contributed by atoms with Gasteiger partial charge in [0.25, 0.3) is 0 Å². The summed E-state index contributed by atoms with van der Waals surface area (Å²) in [6, 6.07) is 6.08. The van der Waals surface area contributed by atoms with Gasteiger partial charge in [-0.3, -0.25) is 4.98 Å². The highest BCUT2D eigenvalue weighted by atomic mass is 32.2. The molecule has 0 aromatic carbocycles. The Kier molecular flexibility index (Phi) is 4.75. The molecule has 0 aliphatic heterocycles. The first-order valence-electron chi connectivity index (χ1n) is 8.75. The van der Waals surface area contributed by atoms with Crippen LogP contribution in [-0.2, 0) is 7.05 Å². The predicted molar refractivity (Wildman–Crippen MR) is 109 cm³/mol. The lowest BCUT2D eigenvalue weighted by Crippen LogP contribution is -1.99. The summed E-state index contributed by atoms with van der Waals surface area (Å²) in [5, 5.41) is 8.92. The SMILES string of the molecule is CCSc1cc(-c2ncc(C#N)cn2)cnc1-c1nc2cc(C)cnc2n1C. The summed E-state index contributed by atoms with van der Waals surface area (Å²) in [6.07, 6.45) is 6.62. The Labute approximate surface area is 166 Å². The molecule has 138 valence electrons. The van der Waals surface area contributed by atoms with Crippen LogP contribution in [0.2, 0.25) is 0 Å². The normalized spacial score (nSPS) is 10.9. The number of fused-ring (bicyclic) bond motifs is 1. The van der Waals surface area contributed by atoms with Gasteiger partial charge < -0.3 is 4.57 Å². The summed E-state index contributed by atoms with van der Waals surface area (Å²) in [4.78, 5) is 23.5. The van der Waals surface area contributed by atoms with Gasteiger partial charge in [0, 0.05) is 42.3 Å². The molecule has 0 spiro atoms. The maximum Gasteiger partial charge on any atom is 0.161 e. The maximum absolute atomic E-state index is 8.92. The third kappa shape index (κ3) is 3.21. The average molecular weight is 387 g/mol. The Morgan fingerprint density at radius 1 is 1.07 bits per heavy atom. The number of hydrogen-bond donors (Lipinski definition) is 0. The van der Waals surface area contributed by atoms with Gasteiger partial charge in [0.05, 0.1) is 5.56 Å². The number of aromatic nitrogens is 6. The fourth-order valence-corrected chi connectivity index (χ4v) is 3.73. The summed E-state index contributed by atoms with van der Waals surface area (Å²) in [5.41, 5.74) is 4.79. The predicted octanol–water partition coefficient (Wildman–Crippen LogP) is 3.78. The molecule has 0 atom stereocenters. The van der Waals surface area contributed by atoms with Crippen molar-refractivity contribution in [3.05, 3.63) is 48.0 Å². The molecule has 28 heavy (non-hydrogen) atoms. The van der Waals surface area contributed by atoms with Crippen molar-refractivity contribution in [3.63, 3.8) is 0 Å². The molecule has 4 heterocycles. The van der Waals surface area contributed by atoms with Crippen molar-refractivity contribution in [3.8, 4) is 29.0 Å². The Bertz CT molecular complexity index is 1210. The molecule has 4 aromatic rings. The lowest BCUT2D eigenvalue weighted by molar-refractivity contribution is 0.927. The smallest absolute Gasteiger partial charge is 0.161 e. The van der Waals surface area contributed by atoms with Gasteiger partial charge in [-0.2, -0.15) is 5.26 Å². The second-order valence-electron chi connectivity index (χ2n) is 6.26. The molecule has 0 saturated carbocycles. The van der Waals surface area contributed by atoms with Crippen LogP contribution in [-0.4, -0.2) is 35.2 Å². The molecule has 4 rings (SSSR count). The van der Waals surface area contributed by atoms with E-state index in [1.165, 1.54) is 12.4 Å². The zero-order valence-corrected chi connectivity index (χ0v) is 16.5. The second-order valence-corrected chi connectivity index (χ2v) is 7.57. The van der Waals surface area contributed by atoms with Crippen LogP contribution in [0.4, 0.5) is 0 Å².